The Labute approximate surface area is 127 Å². The molecule has 0 bridgehead atoms. The molecular formula is C20H22O. The molecule has 0 aliphatic carbocycles. The first kappa shape index (κ1) is 15.3. The molecule has 0 N–H and O–H groups in total. The first-order chi connectivity index (χ1) is 10.3. The molecule has 1 heteroatoms. The van der Waals surface area contributed by atoms with Crippen LogP contribution in [-0.4, -0.2) is 0 Å². The zero-order valence-electron chi connectivity index (χ0n) is 12.3. The average molecular weight is 278 g/mol. The lowest BCUT2D eigenvalue weighted by Crippen LogP contribution is -2.10. The first-order valence-electron chi connectivity index (χ1n) is 7.32. The van der Waals surface area contributed by atoms with Crippen molar-refractivity contribution >= 4 is 0 Å². The molecule has 0 saturated carbocycles. The zero-order chi connectivity index (χ0) is 14.9. The van der Waals surface area contributed by atoms with E-state index in [1.165, 1.54) is 11.1 Å². The van der Waals surface area contributed by atoms with Crippen molar-refractivity contribution in [2.24, 2.45) is 0 Å². The summed E-state index contributed by atoms with van der Waals surface area (Å²) < 4.78 is 6.36. The normalized spacial score (nSPS) is 13.3. The summed E-state index contributed by atoms with van der Waals surface area (Å²) in [5, 5.41) is 0. The van der Waals surface area contributed by atoms with Crippen molar-refractivity contribution in [3.63, 3.8) is 0 Å². The van der Waals surface area contributed by atoms with E-state index >= 15 is 0 Å². The van der Waals surface area contributed by atoms with Crippen LogP contribution in [0.3, 0.4) is 0 Å². The smallest absolute Gasteiger partial charge is 0.0867 e. The molecule has 0 radical (unpaired) electrons. The van der Waals surface area contributed by atoms with Gasteiger partial charge in [-0.2, -0.15) is 0 Å². The predicted molar refractivity (Wildman–Crippen MR) is 89.1 cm³/mol. The van der Waals surface area contributed by atoms with Gasteiger partial charge in [0.25, 0.3) is 0 Å². The highest BCUT2D eigenvalue weighted by Gasteiger charge is 2.17. The van der Waals surface area contributed by atoms with Crippen molar-refractivity contribution in [1.82, 2.24) is 0 Å². The maximum atomic E-state index is 6.36. The summed E-state index contributed by atoms with van der Waals surface area (Å²) in [6, 6.07) is 20.6. The molecule has 1 nitrogen and oxygen atoms in total. The van der Waals surface area contributed by atoms with Crippen LogP contribution in [0.5, 0.6) is 0 Å². The summed E-state index contributed by atoms with van der Waals surface area (Å²) in [5.74, 6) is 0. The molecule has 0 fully saturated rings. The van der Waals surface area contributed by atoms with E-state index in [1.54, 1.807) is 0 Å². The summed E-state index contributed by atoms with van der Waals surface area (Å²) in [7, 11) is 0. The molecule has 0 aromatic heterocycles. The van der Waals surface area contributed by atoms with Crippen LogP contribution in [0, 0.1) is 0 Å². The second-order valence-corrected chi connectivity index (χ2v) is 4.98. The number of ether oxygens (including phenoxy) is 1. The van der Waals surface area contributed by atoms with Crippen LogP contribution in [-0.2, 0) is 4.74 Å². The highest BCUT2D eigenvalue weighted by molar-refractivity contribution is 5.21. The second kappa shape index (κ2) is 8.23. The summed E-state index contributed by atoms with van der Waals surface area (Å²) in [5.41, 5.74) is 2.37. The van der Waals surface area contributed by atoms with Gasteiger partial charge in [0, 0.05) is 0 Å². The Morgan fingerprint density at radius 3 is 1.43 bits per heavy atom. The molecular weight excluding hydrogens is 256 g/mol. The molecule has 0 unspecified atom stereocenters. The standard InChI is InChI=1S/C20H22O/c1-3-11-19(17-13-7-5-8-14-17)21-20(12-4-2)18-15-9-6-10-16-18/h3-10,13-16,19-20H,1-2,11-12H2/t19-,20+. The van der Waals surface area contributed by atoms with Gasteiger partial charge in [0.15, 0.2) is 0 Å². The fraction of sp³-hybridized carbons (Fsp3) is 0.200. The third-order valence-corrected chi connectivity index (χ3v) is 3.43. The Bertz CT molecular complexity index is 493. The van der Waals surface area contributed by atoms with Crippen molar-refractivity contribution in [1.29, 1.82) is 0 Å². The van der Waals surface area contributed by atoms with Gasteiger partial charge in [0.2, 0.25) is 0 Å². The van der Waals surface area contributed by atoms with E-state index in [4.69, 9.17) is 4.74 Å². The molecule has 0 aliphatic rings. The van der Waals surface area contributed by atoms with Gasteiger partial charge in [-0.25, -0.2) is 0 Å². The van der Waals surface area contributed by atoms with Gasteiger partial charge in [-0.15, -0.1) is 13.2 Å². The quantitative estimate of drug-likeness (QED) is 0.568. The molecule has 2 rings (SSSR count). The van der Waals surface area contributed by atoms with Gasteiger partial charge in [-0.1, -0.05) is 72.8 Å². The largest absolute Gasteiger partial charge is 0.365 e. The minimum atomic E-state index is 0.0221. The minimum Gasteiger partial charge on any atom is -0.365 e. The molecule has 0 aliphatic heterocycles. The van der Waals surface area contributed by atoms with Crippen LogP contribution in [0.1, 0.15) is 36.2 Å². The molecule has 2 aromatic rings. The van der Waals surface area contributed by atoms with Crippen LogP contribution in [0.4, 0.5) is 0 Å². The molecule has 0 spiro atoms. The second-order valence-electron chi connectivity index (χ2n) is 4.98. The predicted octanol–water partition coefficient (Wildman–Crippen LogP) is 5.64. The third-order valence-electron chi connectivity index (χ3n) is 3.43. The highest BCUT2D eigenvalue weighted by Crippen LogP contribution is 2.31. The van der Waals surface area contributed by atoms with Gasteiger partial charge in [-0.3, -0.25) is 0 Å². The first-order valence-corrected chi connectivity index (χ1v) is 7.32. The van der Waals surface area contributed by atoms with Gasteiger partial charge >= 0.3 is 0 Å². The van der Waals surface area contributed by atoms with Gasteiger partial charge < -0.3 is 4.74 Å². The Hall–Kier alpha value is -2.12. The molecule has 2 atom stereocenters. The SMILES string of the molecule is C=CC[C@H](O[C@H](CC=C)c1ccccc1)c1ccccc1. The number of hydrogen-bond acceptors (Lipinski definition) is 1. The lowest BCUT2D eigenvalue weighted by molar-refractivity contribution is -0.0120. The van der Waals surface area contributed by atoms with Crippen molar-refractivity contribution in [2.75, 3.05) is 0 Å². The monoisotopic (exact) mass is 278 g/mol. The lowest BCUT2D eigenvalue weighted by Gasteiger charge is -2.24. The van der Waals surface area contributed by atoms with E-state index in [0.29, 0.717) is 0 Å². The van der Waals surface area contributed by atoms with Gasteiger partial charge in [0.05, 0.1) is 12.2 Å². The average Bonchev–Trinajstić information content (AvgIpc) is 2.55. The minimum absolute atomic E-state index is 0.0221. The summed E-state index contributed by atoms with van der Waals surface area (Å²) >= 11 is 0. The summed E-state index contributed by atoms with van der Waals surface area (Å²) in [6.07, 6.45) is 5.46. The third kappa shape index (κ3) is 4.44. The maximum absolute atomic E-state index is 6.36. The summed E-state index contributed by atoms with van der Waals surface area (Å²) in [4.78, 5) is 0. The van der Waals surface area contributed by atoms with Crippen molar-refractivity contribution < 1.29 is 4.74 Å². The van der Waals surface area contributed by atoms with Crippen LogP contribution >= 0.6 is 0 Å². The van der Waals surface area contributed by atoms with Crippen LogP contribution < -0.4 is 0 Å². The Morgan fingerprint density at radius 1 is 0.714 bits per heavy atom. The molecule has 2 aromatic carbocycles. The van der Waals surface area contributed by atoms with E-state index in [2.05, 4.69) is 37.4 Å². The zero-order valence-corrected chi connectivity index (χ0v) is 12.3. The van der Waals surface area contributed by atoms with Crippen molar-refractivity contribution in [3.05, 3.63) is 97.1 Å². The van der Waals surface area contributed by atoms with Crippen molar-refractivity contribution in [3.8, 4) is 0 Å². The van der Waals surface area contributed by atoms with E-state index in [1.807, 2.05) is 48.6 Å². The lowest BCUT2D eigenvalue weighted by atomic mass is 10.0. The van der Waals surface area contributed by atoms with Crippen LogP contribution in [0.15, 0.2) is 86.0 Å². The molecule has 21 heavy (non-hydrogen) atoms. The summed E-state index contributed by atoms with van der Waals surface area (Å²) in [6.45, 7) is 7.70. The maximum Gasteiger partial charge on any atom is 0.0867 e. The number of rotatable bonds is 8. The van der Waals surface area contributed by atoms with Gasteiger partial charge in [0.1, 0.15) is 0 Å². The molecule has 0 saturated heterocycles. The van der Waals surface area contributed by atoms with E-state index in [-0.39, 0.29) is 12.2 Å². The molecule has 0 heterocycles. The fourth-order valence-corrected chi connectivity index (χ4v) is 2.38. The topological polar surface area (TPSA) is 9.23 Å². The highest BCUT2D eigenvalue weighted by atomic mass is 16.5. The molecule has 108 valence electrons. The van der Waals surface area contributed by atoms with Gasteiger partial charge in [-0.05, 0) is 24.0 Å². The Kier molecular flexibility index (Phi) is 5.99. The van der Waals surface area contributed by atoms with E-state index < -0.39 is 0 Å². The van der Waals surface area contributed by atoms with Crippen LogP contribution in [0.25, 0.3) is 0 Å². The Morgan fingerprint density at radius 2 is 1.10 bits per heavy atom. The van der Waals surface area contributed by atoms with Crippen molar-refractivity contribution in [2.45, 2.75) is 25.0 Å². The molecule has 0 amide bonds. The number of benzene rings is 2. The Balaban J connectivity index is 2.20. The van der Waals surface area contributed by atoms with E-state index in [9.17, 15) is 0 Å². The van der Waals surface area contributed by atoms with E-state index in [0.717, 1.165) is 12.8 Å². The fourth-order valence-electron chi connectivity index (χ4n) is 2.38. The van der Waals surface area contributed by atoms with Crippen LogP contribution in [0.2, 0.25) is 0 Å². The number of hydrogen-bond donors (Lipinski definition) is 0.